The SMILES string of the molecule is C[C@H](OC(=O)CN1C(=O)COc2ccccc21)C(=O)NCCc1ccccc1. The smallest absolute Gasteiger partial charge is 0.326 e. The zero-order valence-corrected chi connectivity index (χ0v) is 15.6. The highest BCUT2D eigenvalue weighted by Crippen LogP contribution is 2.31. The highest BCUT2D eigenvalue weighted by molar-refractivity contribution is 6.01. The number of ether oxygens (including phenoxy) is 2. The fraction of sp³-hybridized carbons (Fsp3) is 0.286. The summed E-state index contributed by atoms with van der Waals surface area (Å²) in [7, 11) is 0. The van der Waals surface area contributed by atoms with Crippen molar-refractivity contribution >= 4 is 23.5 Å². The van der Waals surface area contributed by atoms with Crippen LogP contribution in [-0.2, 0) is 25.5 Å². The molecule has 2 amide bonds. The Kier molecular flexibility index (Phi) is 6.26. The molecule has 0 saturated heterocycles. The third-order valence-electron chi connectivity index (χ3n) is 4.33. The van der Waals surface area contributed by atoms with Crippen molar-refractivity contribution in [3.63, 3.8) is 0 Å². The molecule has 0 unspecified atom stereocenters. The first-order valence-corrected chi connectivity index (χ1v) is 9.08. The molecular weight excluding hydrogens is 360 g/mol. The van der Waals surface area contributed by atoms with Crippen LogP contribution in [-0.4, -0.2) is 43.6 Å². The first-order valence-electron chi connectivity index (χ1n) is 9.08. The Balaban J connectivity index is 1.49. The largest absolute Gasteiger partial charge is 0.482 e. The van der Waals surface area contributed by atoms with E-state index in [4.69, 9.17) is 9.47 Å². The normalized spacial score (nSPS) is 13.9. The van der Waals surface area contributed by atoms with E-state index in [0.29, 0.717) is 24.4 Å². The highest BCUT2D eigenvalue weighted by atomic mass is 16.5. The highest BCUT2D eigenvalue weighted by Gasteiger charge is 2.28. The van der Waals surface area contributed by atoms with Crippen LogP contribution in [0.1, 0.15) is 12.5 Å². The molecule has 0 bridgehead atoms. The van der Waals surface area contributed by atoms with Crippen LogP contribution >= 0.6 is 0 Å². The maximum atomic E-state index is 12.2. The number of hydrogen-bond acceptors (Lipinski definition) is 5. The number of rotatable bonds is 7. The van der Waals surface area contributed by atoms with Gasteiger partial charge in [-0.25, -0.2) is 0 Å². The molecule has 1 N–H and O–H groups in total. The monoisotopic (exact) mass is 382 g/mol. The molecule has 0 fully saturated rings. The Bertz CT molecular complexity index is 853. The number of carbonyl (C=O) groups excluding carboxylic acids is 3. The van der Waals surface area contributed by atoms with Crippen molar-refractivity contribution in [2.24, 2.45) is 0 Å². The molecular formula is C21H22N2O5. The van der Waals surface area contributed by atoms with Gasteiger partial charge < -0.3 is 14.8 Å². The van der Waals surface area contributed by atoms with Gasteiger partial charge in [-0.15, -0.1) is 0 Å². The van der Waals surface area contributed by atoms with Crippen LogP contribution in [0.25, 0.3) is 0 Å². The van der Waals surface area contributed by atoms with Crippen LogP contribution < -0.4 is 15.0 Å². The summed E-state index contributed by atoms with van der Waals surface area (Å²) < 4.78 is 10.5. The summed E-state index contributed by atoms with van der Waals surface area (Å²) >= 11 is 0. The number of esters is 1. The summed E-state index contributed by atoms with van der Waals surface area (Å²) in [6, 6.07) is 16.7. The van der Waals surface area contributed by atoms with E-state index in [9.17, 15) is 14.4 Å². The summed E-state index contributed by atoms with van der Waals surface area (Å²) in [6.45, 7) is 1.53. The maximum absolute atomic E-state index is 12.2. The third-order valence-corrected chi connectivity index (χ3v) is 4.33. The molecule has 2 aromatic rings. The Morgan fingerprint density at radius 1 is 1.14 bits per heavy atom. The van der Waals surface area contributed by atoms with E-state index in [-0.39, 0.29) is 25.0 Å². The predicted molar refractivity (Wildman–Crippen MR) is 103 cm³/mol. The van der Waals surface area contributed by atoms with Crippen LogP contribution in [0, 0.1) is 0 Å². The molecule has 0 aliphatic carbocycles. The van der Waals surface area contributed by atoms with Gasteiger partial charge in [0, 0.05) is 6.54 Å². The van der Waals surface area contributed by atoms with Gasteiger partial charge in [-0.1, -0.05) is 42.5 Å². The molecule has 3 rings (SSSR count). The van der Waals surface area contributed by atoms with Crippen molar-refractivity contribution in [3.8, 4) is 5.75 Å². The molecule has 146 valence electrons. The van der Waals surface area contributed by atoms with Gasteiger partial charge in [0.2, 0.25) is 0 Å². The number of nitrogens with zero attached hydrogens (tertiary/aromatic N) is 1. The molecule has 1 atom stereocenters. The Morgan fingerprint density at radius 2 is 1.86 bits per heavy atom. The van der Waals surface area contributed by atoms with E-state index in [0.717, 1.165) is 5.56 Å². The molecule has 2 aromatic carbocycles. The molecule has 7 heteroatoms. The average molecular weight is 382 g/mol. The van der Waals surface area contributed by atoms with Crippen molar-refractivity contribution in [3.05, 3.63) is 60.2 Å². The van der Waals surface area contributed by atoms with Gasteiger partial charge in [-0.2, -0.15) is 0 Å². The minimum atomic E-state index is -0.949. The van der Waals surface area contributed by atoms with E-state index in [1.165, 1.54) is 11.8 Å². The van der Waals surface area contributed by atoms with Gasteiger partial charge in [-0.3, -0.25) is 19.3 Å². The van der Waals surface area contributed by atoms with Gasteiger partial charge in [0.05, 0.1) is 5.69 Å². The number of fused-ring (bicyclic) bond motifs is 1. The average Bonchev–Trinajstić information content (AvgIpc) is 2.71. The topological polar surface area (TPSA) is 84.9 Å². The first kappa shape index (κ1) is 19.4. The fourth-order valence-corrected chi connectivity index (χ4v) is 2.86. The second-order valence-corrected chi connectivity index (χ2v) is 6.39. The Labute approximate surface area is 163 Å². The number of carbonyl (C=O) groups is 3. The van der Waals surface area contributed by atoms with Crippen LogP contribution in [0.5, 0.6) is 5.75 Å². The van der Waals surface area contributed by atoms with E-state index in [1.54, 1.807) is 24.3 Å². The van der Waals surface area contributed by atoms with E-state index >= 15 is 0 Å². The number of benzene rings is 2. The van der Waals surface area contributed by atoms with Crippen molar-refractivity contribution in [1.29, 1.82) is 0 Å². The molecule has 0 saturated carbocycles. The van der Waals surface area contributed by atoms with Crippen molar-refractivity contribution in [2.45, 2.75) is 19.4 Å². The number of hydrogen-bond donors (Lipinski definition) is 1. The number of amides is 2. The molecule has 7 nitrogen and oxygen atoms in total. The molecule has 0 spiro atoms. The standard InChI is InChI=1S/C21H22N2O5/c1-15(21(26)22-12-11-16-7-3-2-4-8-16)28-20(25)13-23-17-9-5-6-10-18(17)27-14-19(23)24/h2-10,15H,11-14H2,1H3,(H,22,26)/t15-/m0/s1. The lowest BCUT2D eigenvalue weighted by molar-refractivity contribution is -0.153. The molecule has 1 aliphatic heterocycles. The van der Waals surface area contributed by atoms with Gasteiger partial charge in [0.15, 0.2) is 12.7 Å². The number of anilines is 1. The summed E-state index contributed by atoms with van der Waals surface area (Å²) in [5, 5.41) is 2.75. The minimum absolute atomic E-state index is 0.139. The number of nitrogens with one attached hydrogen (secondary N) is 1. The Morgan fingerprint density at radius 3 is 2.64 bits per heavy atom. The minimum Gasteiger partial charge on any atom is -0.482 e. The van der Waals surface area contributed by atoms with Crippen LogP contribution in [0.4, 0.5) is 5.69 Å². The van der Waals surface area contributed by atoms with Crippen LogP contribution in [0.15, 0.2) is 54.6 Å². The second-order valence-electron chi connectivity index (χ2n) is 6.39. The van der Waals surface area contributed by atoms with Gasteiger partial charge >= 0.3 is 5.97 Å². The Hall–Kier alpha value is -3.35. The van der Waals surface area contributed by atoms with Crippen LogP contribution in [0.3, 0.4) is 0 Å². The summed E-state index contributed by atoms with van der Waals surface area (Å²) in [5.74, 6) is -0.842. The first-order chi connectivity index (χ1) is 13.5. The molecule has 0 aromatic heterocycles. The van der Waals surface area contributed by atoms with Gasteiger partial charge in [0.25, 0.3) is 11.8 Å². The molecule has 28 heavy (non-hydrogen) atoms. The van der Waals surface area contributed by atoms with Gasteiger partial charge in [-0.05, 0) is 31.0 Å². The summed E-state index contributed by atoms with van der Waals surface area (Å²) in [5.41, 5.74) is 1.62. The quantitative estimate of drug-likeness (QED) is 0.737. The third kappa shape index (κ3) is 4.88. The van der Waals surface area contributed by atoms with Crippen molar-refractivity contribution in [1.82, 2.24) is 5.32 Å². The molecule has 1 aliphatic rings. The molecule has 1 heterocycles. The lowest BCUT2D eigenvalue weighted by atomic mass is 10.1. The maximum Gasteiger partial charge on any atom is 0.326 e. The van der Waals surface area contributed by atoms with E-state index in [1.807, 2.05) is 30.3 Å². The predicted octanol–water partition coefficient (Wildman–Crippen LogP) is 1.70. The van der Waals surface area contributed by atoms with E-state index < -0.39 is 12.1 Å². The fourth-order valence-electron chi connectivity index (χ4n) is 2.86. The lowest BCUT2D eigenvalue weighted by Gasteiger charge is -2.28. The zero-order valence-electron chi connectivity index (χ0n) is 15.6. The zero-order chi connectivity index (χ0) is 19.9. The van der Waals surface area contributed by atoms with Crippen molar-refractivity contribution in [2.75, 3.05) is 24.6 Å². The van der Waals surface area contributed by atoms with Crippen molar-refractivity contribution < 1.29 is 23.9 Å². The van der Waals surface area contributed by atoms with Gasteiger partial charge in [0.1, 0.15) is 12.3 Å². The van der Waals surface area contributed by atoms with Crippen LogP contribution in [0.2, 0.25) is 0 Å². The number of para-hydroxylation sites is 2. The summed E-state index contributed by atoms with van der Waals surface area (Å²) in [4.78, 5) is 37.8. The lowest BCUT2D eigenvalue weighted by Crippen LogP contribution is -2.44. The summed E-state index contributed by atoms with van der Waals surface area (Å²) in [6.07, 6.45) is -0.263. The van der Waals surface area contributed by atoms with E-state index in [2.05, 4.69) is 5.32 Å². The second kappa shape index (κ2) is 9.03. The molecule has 0 radical (unpaired) electrons.